The Morgan fingerprint density at radius 3 is 2.78 bits per heavy atom. The quantitative estimate of drug-likeness (QED) is 0.432. The Hall–Kier alpha value is -0.570. The van der Waals surface area contributed by atoms with Gasteiger partial charge < -0.3 is 10.1 Å². The molecule has 9 heavy (non-hydrogen) atoms. The van der Waals surface area contributed by atoms with Gasteiger partial charge in [-0.25, -0.2) is 0 Å². The van der Waals surface area contributed by atoms with Crippen LogP contribution in [0, 0.1) is 0 Å². The third kappa shape index (κ3) is 3.97. The molecule has 0 rings (SSSR count). The predicted molar refractivity (Wildman–Crippen MR) is 34.5 cm³/mol. The van der Waals surface area contributed by atoms with Crippen molar-refractivity contribution in [3.05, 3.63) is 0 Å². The van der Waals surface area contributed by atoms with Crippen LogP contribution in [0.15, 0.2) is 0 Å². The largest absolute Gasteiger partial charge is 0.362 e. The van der Waals surface area contributed by atoms with Gasteiger partial charge in [0.15, 0.2) is 0 Å². The lowest BCUT2D eigenvalue weighted by molar-refractivity contribution is 0.0822. The van der Waals surface area contributed by atoms with Crippen molar-refractivity contribution >= 4 is 6.41 Å². The summed E-state index contributed by atoms with van der Waals surface area (Å²) in [6.07, 6.45) is 3.25. The van der Waals surface area contributed by atoms with Crippen LogP contribution in [0.4, 0.5) is 0 Å². The van der Waals surface area contributed by atoms with E-state index >= 15 is 0 Å². The number of nitrogens with one attached hydrogen (secondary N) is 1. The summed E-state index contributed by atoms with van der Waals surface area (Å²) in [5.74, 6) is 0. The highest BCUT2D eigenvalue weighted by Gasteiger charge is 2.01. The van der Waals surface area contributed by atoms with Crippen molar-refractivity contribution in [2.45, 2.75) is 26.0 Å². The highest BCUT2D eigenvalue weighted by molar-refractivity contribution is 5.47. The zero-order chi connectivity index (χ0) is 7.11. The lowest BCUT2D eigenvalue weighted by Crippen LogP contribution is -2.28. The maximum atomic E-state index is 9.73. The monoisotopic (exact) mass is 130 g/mol. The first-order valence-corrected chi connectivity index (χ1v) is 3.00. The molecule has 0 aliphatic carbocycles. The van der Waals surface area contributed by atoms with E-state index in [0.717, 1.165) is 12.8 Å². The number of methoxy groups -OCH3 is 1. The zero-order valence-electron chi connectivity index (χ0n) is 5.81. The van der Waals surface area contributed by atoms with Crippen molar-refractivity contribution in [2.24, 2.45) is 0 Å². The smallest absolute Gasteiger partial charge is 0.311 e. The maximum Gasteiger partial charge on any atom is 0.311 e. The van der Waals surface area contributed by atoms with Gasteiger partial charge in [-0.05, 0) is 6.42 Å². The first-order chi connectivity index (χ1) is 4.35. The Kier molecular flexibility index (Phi) is 5.21. The van der Waals surface area contributed by atoms with Crippen molar-refractivity contribution in [3.63, 3.8) is 0 Å². The van der Waals surface area contributed by atoms with E-state index < -0.39 is 0 Å². The molecule has 0 aromatic carbocycles. The molecular formula is C6H12NO2. The lowest BCUT2D eigenvalue weighted by Gasteiger charge is -2.10. The standard InChI is InChI=1S/C6H12NO2/c1-3-4-6(9-2)7-5-8/h6H,3-4H2,1-2H3,(H,7,8). The molecule has 3 heteroatoms. The zero-order valence-corrected chi connectivity index (χ0v) is 5.81. The van der Waals surface area contributed by atoms with Crippen molar-refractivity contribution in [1.82, 2.24) is 5.32 Å². The second-order valence-corrected chi connectivity index (χ2v) is 1.76. The van der Waals surface area contributed by atoms with Crippen molar-refractivity contribution in [2.75, 3.05) is 7.11 Å². The molecule has 0 saturated carbocycles. The first-order valence-electron chi connectivity index (χ1n) is 3.00. The molecule has 0 spiro atoms. The molecule has 1 N–H and O–H groups in total. The molecule has 0 aromatic heterocycles. The predicted octanol–water partition coefficient (Wildman–Crippen LogP) is 0.416. The summed E-state index contributed by atoms with van der Waals surface area (Å²) in [4.78, 5) is 9.73. The fourth-order valence-corrected chi connectivity index (χ4v) is 0.577. The molecule has 3 nitrogen and oxygen atoms in total. The highest BCUT2D eigenvalue weighted by Crippen LogP contribution is 1.94. The number of amides is 1. The molecule has 0 aromatic rings. The van der Waals surface area contributed by atoms with Crippen LogP contribution in [0.25, 0.3) is 0 Å². The molecule has 0 fully saturated rings. The van der Waals surface area contributed by atoms with E-state index in [2.05, 4.69) is 5.32 Å². The summed E-state index contributed by atoms with van der Waals surface area (Å²) in [5.41, 5.74) is 0. The number of carbonyl (C=O) groups excluding carboxylic acids is 1. The highest BCUT2D eigenvalue weighted by atomic mass is 16.5. The second-order valence-electron chi connectivity index (χ2n) is 1.76. The Labute approximate surface area is 55.4 Å². The summed E-state index contributed by atoms with van der Waals surface area (Å²) in [6.45, 7) is 2.03. The van der Waals surface area contributed by atoms with Crippen LogP contribution < -0.4 is 5.32 Å². The van der Waals surface area contributed by atoms with Gasteiger partial charge in [0.05, 0.1) is 0 Å². The fourth-order valence-electron chi connectivity index (χ4n) is 0.577. The normalized spacial score (nSPS) is 12.7. The minimum atomic E-state index is -0.160. The van der Waals surface area contributed by atoms with Crippen LogP contribution in [0.3, 0.4) is 0 Å². The molecule has 1 atom stereocenters. The van der Waals surface area contributed by atoms with Gasteiger partial charge in [-0.3, -0.25) is 4.79 Å². The Morgan fingerprint density at radius 1 is 1.78 bits per heavy atom. The Morgan fingerprint density at radius 2 is 2.44 bits per heavy atom. The second kappa shape index (κ2) is 5.56. The van der Waals surface area contributed by atoms with Gasteiger partial charge in [-0.1, -0.05) is 13.3 Å². The van der Waals surface area contributed by atoms with Gasteiger partial charge in [0.25, 0.3) is 0 Å². The van der Waals surface area contributed by atoms with Crippen LogP contribution in [-0.4, -0.2) is 19.7 Å². The molecule has 1 radical (unpaired) electrons. The maximum absolute atomic E-state index is 9.73. The number of hydrogen-bond acceptors (Lipinski definition) is 2. The molecule has 1 amide bonds. The van der Waals surface area contributed by atoms with E-state index in [9.17, 15) is 4.79 Å². The first kappa shape index (κ1) is 8.43. The van der Waals surface area contributed by atoms with E-state index in [0.29, 0.717) is 0 Å². The Balaban J connectivity index is 3.28. The molecular weight excluding hydrogens is 118 g/mol. The third-order valence-electron chi connectivity index (χ3n) is 1.06. The van der Waals surface area contributed by atoms with E-state index in [1.807, 2.05) is 6.92 Å². The molecule has 53 valence electrons. The van der Waals surface area contributed by atoms with Crippen LogP contribution in [0.2, 0.25) is 0 Å². The minimum absolute atomic E-state index is 0.160. The summed E-state index contributed by atoms with van der Waals surface area (Å²) in [6, 6.07) is 0. The van der Waals surface area contributed by atoms with E-state index in [-0.39, 0.29) is 6.23 Å². The van der Waals surface area contributed by atoms with Crippen molar-refractivity contribution < 1.29 is 9.53 Å². The van der Waals surface area contributed by atoms with Crippen LogP contribution >= 0.6 is 0 Å². The van der Waals surface area contributed by atoms with Gasteiger partial charge in [0.2, 0.25) is 0 Å². The molecule has 0 aliphatic heterocycles. The summed E-state index contributed by atoms with van der Waals surface area (Å²) >= 11 is 0. The van der Waals surface area contributed by atoms with Gasteiger partial charge in [-0.15, -0.1) is 0 Å². The third-order valence-corrected chi connectivity index (χ3v) is 1.06. The molecule has 0 aliphatic rings. The number of ether oxygens (including phenoxy) is 1. The van der Waals surface area contributed by atoms with E-state index in [1.165, 1.54) is 0 Å². The molecule has 1 unspecified atom stereocenters. The Bertz CT molecular complexity index is 75.5. The van der Waals surface area contributed by atoms with Gasteiger partial charge in [-0.2, -0.15) is 0 Å². The lowest BCUT2D eigenvalue weighted by atomic mass is 10.3. The summed E-state index contributed by atoms with van der Waals surface area (Å²) < 4.78 is 4.86. The van der Waals surface area contributed by atoms with Crippen LogP contribution in [0.5, 0.6) is 0 Å². The fraction of sp³-hybridized carbons (Fsp3) is 0.833. The molecule has 0 heterocycles. The van der Waals surface area contributed by atoms with Gasteiger partial charge in [0, 0.05) is 7.11 Å². The van der Waals surface area contributed by atoms with E-state index in [1.54, 1.807) is 13.5 Å². The summed E-state index contributed by atoms with van der Waals surface area (Å²) in [7, 11) is 1.56. The molecule has 0 bridgehead atoms. The van der Waals surface area contributed by atoms with Crippen LogP contribution in [0.1, 0.15) is 19.8 Å². The average molecular weight is 130 g/mol. The van der Waals surface area contributed by atoms with Crippen molar-refractivity contribution in [3.8, 4) is 0 Å². The minimum Gasteiger partial charge on any atom is -0.362 e. The van der Waals surface area contributed by atoms with E-state index in [4.69, 9.17) is 4.74 Å². The van der Waals surface area contributed by atoms with Gasteiger partial charge in [0.1, 0.15) is 6.23 Å². The topological polar surface area (TPSA) is 38.3 Å². The van der Waals surface area contributed by atoms with Gasteiger partial charge >= 0.3 is 6.41 Å². The average Bonchev–Trinajstić information content (AvgIpc) is 1.88. The SMILES string of the molecule is CCCC(N[C]=O)OC. The number of hydrogen-bond donors (Lipinski definition) is 1. The molecule has 0 saturated heterocycles. The number of rotatable bonds is 5. The van der Waals surface area contributed by atoms with Crippen molar-refractivity contribution in [1.29, 1.82) is 0 Å². The summed E-state index contributed by atoms with van der Waals surface area (Å²) in [5, 5.41) is 2.41. The van der Waals surface area contributed by atoms with Crippen LogP contribution in [-0.2, 0) is 9.53 Å².